The highest BCUT2D eigenvalue weighted by atomic mass is 14.9. The second kappa shape index (κ2) is 1.17. The van der Waals surface area contributed by atoms with Crippen LogP contribution in [0.2, 0.25) is 0 Å². The Labute approximate surface area is 38.7 Å². The average Bonchev–Trinajstić information content (AvgIpc) is 1.86. The van der Waals surface area contributed by atoms with Gasteiger partial charge in [0.25, 0.3) is 0 Å². The minimum atomic E-state index is 0. The second-order valence-electron chi connectivity index (χ2n) is 1.35. The number of hydrogen-bond acceptors (Lipinski definition) is 0. The fourth-order valence-corrected chi connectivity index (χ4v) is 0.421. The summed E-state index contributed by atoms with van der Waals surface area (Å²) in [5.74, 6) is 0. The summed E-state index contributed by atoms with van der Waals surface area (Å²) in [6, 6.07) is 4.00. The average molecular weight is 82.1 g/mol. The van der Waals surface area contributed by atoms with Crippen molar-refractivity contribution in [2.45, 2.75) is 0 Å². The molecule has 0 amide bonds. The smallest absolute Gasteiger partial charge is 0.357 e. The molecule has 0 radical (unpaired) electrons. The molecule has 0 spiro atoms. The first kappa shape index (κ1) is 3.47. The third kappa shape index (κ3) is 0.432. The molecular formula is C5H8N+. The van der Waals surface area contributed by atoms with Crippen molar-refractivity contribution in [1.29, 1.82) is 0 Å². The van der Waals surface area contributed by atoms with Crippen LogP contribution >= 0.6 is 0 Å². The van der Waals surface area contributed by atoms with Gasteiger partial charge in [0, 0.05) is 19.4 Å². The maximum absolute atomic E-state index is 2.00. The minimum absolute atomic E-state index is 0. The SMILES string of the molecule is Cn1cccc1.[H+]. The van der Waals surface area contributed by atoms with E-state index >= 15 is 0 Å². The zero-order valence-electron chi connectivity index (χ0n) is 4.76. The van der Waals surface area contributed by atoms with Crippen LogP contribution in [0.3, 0.4) is 0 Å². The number of aryl methyl sites for hydroxylation is 1. The van der Waals surface area contributed by atoms with Crippen molar-refractivity contribution in [1.82, 2.24) is 4.57 Å². The highest BCUT2D eigenvalue weighted by molar-refractivity contribution is 4.88. The third-order valence-corrected chi connectivity index (χ3v) is 0.754. The van der Waals surface area contributed by atoms with Gasteiger partial charge in [-0.2, -0.15) is 0 Å². The summed E-state index contributed by atoms with van der Waals surface area (Å²) in [6.07, 6.45) is 4.00. The highest BCUT2D eigenvalue weighted by Crippen LogP contribution is 1.80. The molecule has 0 aromatic carbocycles. The van der Waals surface area contributed by atoms with Crippen LogP contribution in [0.4, 0.5) is 0 Å². The predicted molar refractivity (Wildman–Crippen MR) is 26.5 cm³/mol. The highest BCUT2D eigenvalue weighted by Gasteiger charge is 1.68. The molecule has 1 nitrogen and oxygen atoms in total. The monoisotopic (exact) mass is 82.1 g/mol. The topological polar surface area (TPSA) is 4.93 Å². The van der Waals surface area contributed by atoms with E-state index in [-0.39, 0.29) is 1.43 Å². The molecule has 32 valence electrons. The Balaban J connectivity index is 0.000000360. The molecule has 1 rings (SSSR count). The molecule has 1 aromatic rings. The van der Waals surface area contributed by atoms with Crippen LogP contribution in [-0.4, -0.2) is 4.57 Å². The van der Waals surface area contributed by atoms with Gasteiger partial charge in [0.2, 0.25) is 0 Å². The number of rotatable bonds is 0. The van der Waals surface area contributed by atoms with Crippen LogP contribution in [-0.2, 0) is 7.05 Å². The second-order valence-corrected chi connectivity index (χ2v) is 1.35. The molecule has 6 heavy (non-hydrogen) atoms. The van der Waals surface area contributed by atoms with E-state index in [4.69, 9.17) is 0 Å². The zero-order chi connectivity index (χ0) is 4.41. The fraction of sp³-hybridized carbons (Fsp3) is 0.200. The van der Waals surface area contributed by atoms with Gasteiger partial charge in [-0.1, -0.05) is 0 Å². The zero-order valence-corrected chi connectivity index (χ0v) is 3.76. The van der Waals surface area contributed by atoms with Crippen LogP contribution in [0.5, 0.6) is 0 Å². The summed E-state index contributed by atoms with van der Waals surface area (Å²) in [7, 11) is 2.00. The molecule has 0 atom stereocenters. The summed E-state index contributed by atoms with van der Waals surface area (Å²) in [5.41, 5.74) is 0. The Hall–Kier alpha value is -0.720. The van der Waals surface area contributed by atoms with E-state index in [0.29, 0.717) is 0 Å². The molecule has 0 unspecified atom stereocenters. The van der Waals surface area contributed by atoms with Gasteiger partial charge in [0.1, 0.15) is 0 Å². The van der Waals surface area contributed by atoms with Crippen molar-refractivity contribution in [3.05, 3.63) is 24.5 Å². The lowest BCUT2D eigenvalue weighted by Gasteiger charge is -1.79. The largest absolute Gasteiger partial charge is 1.00 e. The molecule has 0 bridgehead atoms. The van der Waals surface area contributed by atoms with Gasteiger partial charge in [-0.25, -0.2) is 0 Å². The van der Waals surface area contributed by atoms with Crippen molar-refractivity contribution >= 4 is 0 Å². The standard InChI is InChI=1S/C5H7N/c1-6-4-2-3-5-6/h2-5H,1H3/p+1. The third-order valence-electron chi connectivity index (χ3n) is 0.754. The van der Waals surface area contributed by atoms with E-state index in [0.717, 1.165) is 0 Å². The van der Waals surface area contributed by atoms with Gasteiger partial charge in [-0.15, -0.1) is 0 Å². The predicted octanol–water partition coefficient (Wildman–Crippen LogP) is 1.14. The lowest BCUT2D eigenvalue weighted by atomic mass is 10.7. The first-order chi connectivity index (χ1) is 2.89. The van der Waals surface area contributed by atoms with E-state index in [1.54, 1.807) is 0 Å². The van der Waals surface area contributed by atoms with E-state index in [9.17, 15) is 0 Å². The Morgan fingerprint density at radius 2 is 1.83 bits per heavy atom. The number of nitrogens with zero attached hydrogens (tertiary/aromatic N) is 1. The molecule has 0 saturated heterocycles. The maximum atomic E-state index is 2.00. The lowest BCUT2D eigenvalue weighted by molar-refractivity contribution is 0.928. The maximum Gasteiger partial charge on any atom is 1.00 e. The Morgan fingerprint density at radius 1 is 1.33 bits per heavy atom. The molecule has 0 fully saturated rings. The normalized spacial score (nSPS) is 8.83. The molecule has 0 saturated carbocycles. The molecular weight excluding hydrogens is 74.1 g/mol. The van der Waals surface area contributed by atoms with E-state index in [1.165, 1.54) is 0 Å². The quantitative estimate of drug-likeness (QED) is 0.442. The van der Waals surface area contributed by atoms with Gasteiger partial charge in [0.15, 0.2) is 0 Å². The molecule has 1 aromatic heterocycles. The fourth-order valence-electron chi connectivity index (χ4n) is 0.421. The van der Waals surface area contributed by atoms with Crippen LogP contribution in [0.25, 0.3) is 0 Å². The van der Waals surface area contributed by atoms with Gasteiger partial charge in [0.05, 0.1) is 0 Å². The van der Waals surface area contributed by atoms with Crippen molar-refractivity contribution in [2.75, 3.05) is 0 Å². The van der Waals surface area contributed by atoms with Gasteiger partial charge >= 0.3 is 1.43 Å². The first-order valence-corrected chi connectivity index (χ1v) is 1.96. The van der Waals surface area contributed by atoms with Crippen LogP contribution in [0, 0.1) is 0 Å². The molecule has 1 heterocycles. The van der Waals surface area contributed by atoms with Crippen LogP contribution in [0.1, 0.15) is 1.43 Å². The molecule has 0 N–H and O–H groups in total. The summed E-state index contributed by atoms with van der Waals surface area (Å²) in [6.45, 7) is 0. The van der Waals surface area contributed by atoms with Crippen molar-refractivity contribution in [3.63, 3.8) is 0 Å². The first-order valence-electron chi connectivity index (χ1n) is 1.96. The van der Waals surface area contributed by atoms with Gasteiger partial charge in [-0.3, -0.25) is 0 Å². The van der Waals surface area contributed by atoms with Crippen molar-refractivity contribution in [3.8, 4) is 0 Å². The van der Waals surface area contributed by atoms with E-state index < -0.39 is 0 Å². The van der Waals surface area contributed by atoms with Gasteiger partial charge in [-0.05, 0) is 12.1 Å². The summed E-state index contributed by atoms with van der Waals surface area (Å²) in [5, 5.41) is 0. The number of aromatic nitrogens is 1. The molecule has 0 aliphatic rings. The van der Waals surface area contributed by atoms with Gasteiger partial charge < -0.3 is 4.57 Å². The lowest BCUT2D eigenvalue weighted by Crippen LogP contribution is -1.75. The summed E-state index contributed by atoms with van der Waals surface area (Å²) in [4.78, 5) is 0. The Bertz CT molecular complexity index is 112. The molecule has 0 aliphatic carbocycles. The van der Waals surface area contributed by atoms with Crippen molar-refractivity contribution in [2.24, 2.45) is 7.05 Å². The van der Waals surface area contributed by atoms with Crippen LogP contribution in [0.15, 0.2) is 24.5 Å². The van der Waals surface area contributed by atoms with E-state index in [2.05, 4.69) is 0 Å². The minimum Gasteiger partial charge on any atom is -0.357 e. The van der Waals surface area contributed by atoms with E-state index in [1.807, 2.05) is 36.1 Å². The van der Waals surface area contributed by atoms with Crippen LogP contribution < -0.4 is 0 Å². The number of hydrogen-bond donors (Lipinski definition) is 0. The molecule has 1 heteroatoms. The summed E-state index contributed by atoms with van der Waals surface area (Å²) < 4.78 is 2.00. The summed E-state index contributed by atoms with van der Waals surface area (Å²) >= 11 is 0. The van der Waals surface area contributed by atoms with Crippen molar-refractivity contribution < 1.29 is 1.43 Å². The Morgan fingerprint density at radius 3 is 2.00 bits per heavy atom. The Kier molecular flexibility index (Phi) is 0.675. The molecule has 0 aliphatic heterocycles.